The molecule has 92 valence electrons. The number of halogens is 1. The summed E-state index contributed by atoms with van der Waals surface area (Å²) in [7, 11) is 1.90. The fourth-order valence-corrected chi connectivity index (χ4v) is 1.47. The molecule has 0 radical (unpaired) electrons. The summed E-state index contributed by atoms with van der Waals surface area (Å²) in [6.07, 6.45) is 4.41. The van der Waals surface area contributed by atoms with Crippen molar-refractivity contribution in [2.75, 3.05) is 24.8 Å². The van der Waals surface area contributed by atoms with E-state index in [4.69, 9.17) is 11.6 Å². The van der Waals surface area contributed by atoms with Crippen LogP contribution in [-0.4, -0.2) is 25.4 Å². The van der Waals surface area contributed by atoms with Crippen molar-refractivity contribution in [2.45, 2.75) is 6.42 Å². The summed E-state index contributed by atoms with van der Waals surface area (Å²) in [6, 6.07) is 7.68. The van der Waals surface area contributed by atoms with Gasteiger partial charge in [-0.15, -0.1) is 11.6 Å². The monoisotopic (exact) mass is 252 g/mol. The molecule has 0 fully saturated rings. The number of hydrogen-bond donors (Lipinski definition) is 2. The second-order valence-corrected chi connectivity index (χ2v) is 3.95. The number of alkyl halides is 1. The Morgan fingerprint density at radius 2 is 2.06 bits per heavy atom. The molecule has 0 atom stereocenters. The lowest BCUT2D eigenvalue weighted by atomic mass is 10.2. The van der Waals surface area contributed by atoms with E-state index in [0.29, 0.717) is 12.3 Å². The normalized spacial score (nSPS) is 10.7. The first-order valence-electron chi connectivity index (χ1n) is 5.53. The molecule has 0 saturated carbocycles. The number of carbonyl (C=O) groups excluding carboxylic acids is 1. The van der Waals surface area contributed by atoms with Crippen LogP contribution in [0.15, 0.2) is 30.3 Å². The summed E-state index contributed by atoms with van der Waals surface area (Å²) in [5.41, 5.74) is 1.90. The molecule has 0 spiro atoms. The molecule has 1 aromatic carbocycles. The first-order chi connectivity index (χ1) is 8.26. The van der Waals surface area contributed by atoms with E-state index in [0.717, 1.165) is 17.8 Å². The van der Waals surface area contributed by atoms with Crippen molar-refractivity contribution in [3.63, 3.8) is 0 Å². The van der Waals surface area contributed by atoms with E-state index < -0.39 is 0 Å². The summed E-state index contributed by atoms with van der Waals surface area (Å²) >= 11 is 5.48. The lowest BCUT2D eigenvalue weighted by Crippen LogP contribution is -2.11. The maximum Gasteiger partial charge on any atom is 0.225 e. The van der Waals surface area contributed by atoms with Crippen molar-refractivity contribution in [3.8, 4) is 0 Å². The summed E-state index contributed by atoms with van der Waals surface area (Å²) in [5.74, 6) is 0.287. The van der Waals surface area contributed by atoms with E-state index in [1.807, 2.05) is 43.5 Å². The third-order valence-corrected chi connectivity index (χ3v) is 2.34. The van der Waals surface area contributed by atoms with E-state index in [1.165, 1.54) is 0 Å². The van der Waals surface area contributed by atoms with Gasteiger partial charge in [0.1, 0.15) is 0 Å². The molecule has 0 aromatic heterocycles. The van der Waals surface area contributed by atoms with Gasteiger partial charge in [-0.25, -0.2) is 0 Å². The van der Waals surface area contributed by atoms with Gasteiger partial charge >= 0.3 is 0 Å². The van der Waals surface area contributed by atoms with Crippen molar-refractivity contribution in [1.29, 1.82) is 0 Å². The third kappa shape index (κ3) is 5.52. The Kier molecular flexibility index (Phi) is 6.37. The highest BCUT2D eigenvalue weighted by atomic mass is 35.5. The average Bonchev–Trinajstić information content (AvgIpc) is 2.32. The average molecular weight is 253 g/mol. The highest BCUT2D eigenvalue weighted by molar-refractivity contribution is 6.19. The largest absolute Gasteiger partial charge is 0.326 e. The van der Waals surface area contributed by atoms with Gasteiger partial charge in [0.25, 0.3) is 0 Å². The summed E-state index contributed by atoms with van der Waals surface area (Å²) in [5, 5.41) is 5.81. The fraction of sp³-hybridized carbons (Fsp3) is 0.308. The number of likely N-dealkylation sites (N-methyl/N-ethyl adjacent to an activating group) is 1. The summed E-state index contributed by atoms with van der Waals surface area (Å²) in [4.78, 5) is 11.3. The maximum absolute atomic E-state index is 11.3. The topological polar surface area (TPSA) is 41.1 Å². The zero-order valence-corrected chi connectivity index (χ0v) is 10.6. The second-order valence-electron chi connectivity index (χ2n) is 3.57. The molecule has 0 aliphatic rings. The molecular weight excluding hydrogens is 236 g/mol. The smallest absolute Gasteiger partial charge is 0.225 e. The number of rotatable bonds is 6. The molecule has 0 aliphatic carbocycles. The van der Waals surface area contributed by atoms with E-state index in [9.17, 15) is 4.79 Å². The highest BCUT2D eigenvalue weighted by Crippen LogP contribution is 2.11. The van der Waals surface area contributed by atoms with E-state index in [1.54, 1.807) is 0 Å². The minimum absolute atomic E-state index is 0.0570. The van der Waals surface area contributed by atoms with Crippen molar-refractivity contribution in [3.05, 3.63) is 35.9 Å². The van der Waals surface area contributed by atoms with Crippen LogP contribution in [0.3, 0.4) is 0 Å². The molecule has 0 bridgehead atoms. The predicted octanol–water partition coefficient (Wildman–Crippen LogP) is 2.49. The van der Waals surface area contributed by atoms with Crippen LogP contribution in [-0.2, 0) is 4.79 Å². The van der Waals surface area contributed by atoms with E-state index in [2.05, 4.69) is 10.6 Å². The van der Waals surface area contributed by atoms with E-state index >= 15 is 0 Å². The summed E-state index contributed by atoms with van der Waals surface area (Å²) < 4.78 is 0. The van der Waals surface area contributed by atoms with Gasteiger partial charge in [-0.1, -0.05) is 24.3 Å². The number of amides is 1. The highest BCUT2D eigenvalue weighted by Gasteiger charge is 2.00. The van der Waals surface area contributed by atoms with Crippen LogP contribution >= 0.6 is 11.6 Å². The third-order valence-electron chi connectivity index (χ3n) is 2.15. The molecule has 0 saturated heterocycles. The van der Waals surface area contributed by atoms with Crippen molar-refractivity contribution >= 4 is 29.3 Å². The van der Waals surface area contributed by atoms with Gasteiger partial charge in [0.2, 0.25) is 5.91 Å². The SMILES string of the molecule is CNCC=Cc1ccc(NC(=O)CCCl)cc1. The first kappa shape index (κ1) is 13.7. The second kappa shape index (κ2) is 7.87. The number of carbonyl (C=O) groups is 1. The standard InChI is InChI=1S/C13H17ClN2O/c1-15-10-2-3-11-4-6-12(7-5-11)16-13(17)8-9-14/h2-7,15H,8-10H2,1H3,(H,16,17). The molecule has 0 unspecified atom stereocenters. The summed E-state index contributed by atoms with van der Waals surface area (Å²) in [6.45, 7) is 0.841. The lowest BCUT2D eigenvalue weighted by Gasteiger charge is -2.03. The minimum Gasteiger partial charge on any atom is -0.326 e. The van der Waals surface area contributed by atoms with Crippen molar-refractivity contribution in [2.24, 2.45) is 0 Å². The van der Waals surface area contributed by atoms with Gasteiger partial charge in [-0.05, 0) is 24.7 Å². The van der Waals surface area contributed by atoms with Crippen LogP contribution in [0.5, 0.6) is 0 Å². The van der Waals surface area contributed by atoms with Gasteiger partial charge in [0.05, 0.1) is 0 Å². The Bertz CT molecular complexity index is 374. The molecule has 3 nitrogen and oxygen atoms in total. The van der Waals surface area contributed by atoms with Crippen LogP contribution in [0.4, 0.5) is 5.69 Å². The van der Waals surface area contributed by atoms with Gasteiger partial charge in [-0.2, -0.15) is 0 Å². The molecule has 0 aliphatic heterocycles. The Morgan fingerprint density at radius 3 is 2.65 bits per heavy atom. The Balaban J connectivity index is 2.52. The first-order valence-corrected chi connectivity index (χ1v) is 6.06. The number of hydrogen-bond acceptors (Lipinski definition) is 2. The van der Waals surface area contributed by atoms with Gasteiger partial charge < -0.3 is 10.6 Å². The molecule has 17 heavy (non-hydrogen) atoms. The molecule has 0 heterocycles. The number of nitrogens with one attached hydrogen (secondary N) is 2. The predicted molar refractivity (Wildman–Crippen MR) is 73.4 cm³/mol. The molecule has 1 rings (SSSR count). The number of anilines is 1. The molecule has 2 N–H and O–H groups in total. The van der Waals surface area contributed by atoms with E-state index in [-0.39, 0.29) is 5.91 Å². The molecule has 1 amide bonds. The maximum atomic E-state index is 11.3. The fourth-order valence-electron chi connectivity index (χ4n) is 1.30. The molecule has 1 aromatic rings. The van der Waals surface area contributed by atoms with Crippen molar-refractivity contribution < 1.29 is 4.79 Å². The zero-order chi connectivity index (χ0) is 12.5. The van der Waals surface area contributed by atoms with Crippen molar-refractivity contribution in [1.82, 2.24) is 5.32 Å². The number of benzene rings is 1. The van der Waals surface area contributed by atoms with Crippen LogP contribution < -0.4 is 10.6 Å². The zero-order valence-electron chi connectivity index (χ0n) is 9.87. The lowest BCUT2D eigenvalue weighted by molar-refractivity contribution is -0.115. The Morgan fingerprint density at radius 1 is 1.35 bits per heavy atom. The quantitative estimate of drug-likeness (QED) is 0.764. The van der Waals surface area contributed by atoms with Crippen LogP contribution in [0.2, 0.25) is 0 Å². The Labute approximate surface area is 107 Å². The molecular formula is C13H17ClN2O. The molecule has 4 heteroatoms. The van der Waals surface area contributed by atoms with Crippen LogP contribution in [0.25, 0.3) is 6.08 Å². The van der Waals surface area contributed by atoms with Crippen LogP contribution in [0, 0.1) is 0 Å². The Hall–Kier alpha value is -1.32. The van der Waals surface area contributed by atoms with Gasteiger partial charge in [-0.3, -0.25) is 4.79 Å². The van der Waals surface area contributed by atoms with Crippen LogP contribution in [0.1, 0.15) is 12.0 Å². The minimum atomic E-state index is -0.0570. The van der Waals surface area contributed by atoms with Gasteiger partial charge in [0, 0.05) is 24.5 Å². The van der Waals surface area contributed by atoms with Gasteiger partial charge in [0.15, 0.2) is 0 Å².